The number of amides is 2. The van der Waals surface area contributed by atoms with Gasteiger partial charge in [-0.15, -0.1) is 0 Å². The molecule has 24 heavy (non-hydrogen) atoms. The van der Waals surface area contributed by atoms with Crippen molar-refractivity contribution < 1.29 is 19.1 Å². The third kappa shape index (κ3) is 4.55. The van der Waals surface area contributed by atoms with Gasteiger partial charge in [0.1, 0.15) is 4.32 Å². The topological polar surface area (TPSA) is 75.7 Å². The van der Waals surface area contributed by atoms with Crippen molar-refractivity contribution in [3.63, 3.8) is 0 Å². The summed E-state index contributed by atoms with van der Waals surface area (Å²) in [7, 11) is 1.31. The third-order valence-corrected chi connectivity index (χ3v) is 4.97. The molecule has 128 valence electrons. The van der Waals surface area contributed by atoms with E-state index in [9.17, 15) is 14.4 Å². The molecule has 1 atom stereocenters. The van der Waals surface area contributed by atoms with Crippen molar-refractivity contribution in [2.45, 2.75) is 25.0 Å². The Bertz CT molecular complexity index is 661. The Morgan fingerprint density at radius 1 is 1.33 bits per heavy atom. The number of nitrogens with zero attached hydrogens (tertiary/aromatic N) is 1. The predicted molar refractivity (Wildman–Crippen MR) is 97.0 cm³/mol. The van der Waals surface area contributed by atoms with Crippen LogP contribution in [0.4, 0.5) is 5.69 Å². The first kappa shape index (κ1) is 18.4. The van der Waals surface area contributed by atoms with Crippen molar-refractivity contribution in [2.24, 2.45) is 0 Å². The minimum Gasteiger partial charge on any atom is -0.465 e. The smallest absolute Gasteiger partial charge is 0.337 e. The molecule has 1 unspecified atom stereocenters. The first-order chi connectivity index (χ1) is 11.4. The molecule has 1 aromatic rings. The lowest BCUT2D eigenvalue weighted by atomic mass is 10.2. The van der Waals surface area contributed by atoms with Crippen LogP contribution in [-0.4, -0.2) is 45.9 Å². The lowest BCUT2D eigenvalue weighted by Gasteiger charge is -2.14. The van der Waals surface area contributed by atoms with E-state index < -0.39 is 5.97 Å². The summed E-state index contributed by atoms with van der Waals surface area (Å²) in [5, 5.41) is 2.61. The van der Waals surface area contributed by atoms with E-state index in [1.807, 2.05) is 6.92 Å². The normalized spacial score (nSPS) is 17.1. The number of thiocarbonyl (C=S) groups is 1. The third-order valence-electron chi connectivity index (χ3n) is 3.49. The van der Waals surface area contributed by atoms with Crippen LogP contribution in [0.15, 0.2) is 24.3 Å². The summed E-state index contributed by atoms with van der Waals surface area (Å²) in [6.45, 7) is 2.27. The van der Waals surface area contributed by atoms with Crippen LogP contribution in [0.25, 0.3) is 0 Å². The zero-order chi connectivity index (χ0) is 17.7. The van der Waals surface area contributed by atoms with E-state index in [0.29, 0.717) is 28.5 Å². The molecule has 1 aliphatic rings. The fourth-order valence-electron chi connectivity index (χ4n) is 2.20. The first-order valence-electron chi connectivity index (χ1n) is 7.42. The lowest BCUT2D eigenvalue weighted by molar-refractivity contribution is -0.126. The molecule has 6 nitrogen and oxygen atoms in total. The molecule has 8 heteroatoms. The maximum atomic E-state index is 11.9. The Kier molecular flexibility index (Phi) is 6.33. The molecule has 1 N–H and O–H groups in total. The number of ether oxygens (including phenoxy) is 1. The highest BCUT2D eigenvalue weighted by molar-refractivity contribution is 8.24. The monoisotopic (exact) mass is 366 g/mol. The minimum absolute atomic E-state index is 0.00353. The summed E-state index contributed by atoms with van der Waals surface area (Å²) in [6.07, 6.45) is 0.815. The SMILES string of the molecule is COC(=O)c1ccc(NC(=O)CCCN2C(=O)C(C)SC2=S)cc1. The minimum atomic E-state index is -0.425. The average Bonchev–Trinajstić information content (AvgIpc) is 2.81. The summed E-state index contributed by atoms with van der Waals surface area (Å²) >= 11 is 6.52. The molecule has 0 aromatic heterocycles. The molecule has 1 aliphatic heterocycles. The molecule has 0 spiro atoms. The Hall–Kier alpha value is -1.93. The number of esters is 1. The molecule has 0 bridgehead atoms. The van der Waals surface area contributed by atoms with E-state index in [0.717, 1.165) is 0 Å². The lowest BCUT2D eigenvalue weighted by Crippen LogP contribution is -2.32. The number of rotatable bonds is 6. The fourth-order valence-corrected chi connectivity index (χ4v) is 3.66. The predicted octanol–water partition coefficient (Wildman–Crippen LogP) is 2.44. The van der Waals surface area contributed by atoms with Gasteiger partial charge >= 0.3 is 5.97 Å². The second-order valence-corrected chi connectivity index (χ2v) is 7.21. The van der Waals surface area contributed by atoms with Gasteiger partial charge in [-0.2, -0.15) is 0 Å². The molecule has 2 rings (SSSR count). The highest BCUT2D eigenvalue weighted by Crippen LogP contribution is 2.26. The fraction of sp³-hybridized carbons (Fsp3) is 0.375. The first-order valence-corrected chi connectivity index (χ1v) is 8.71. The van der Waals surface area contributed by atoms with Crippen LogP contribution in [0.5, 0.6) is 0 Å². The number of thioether (sulfide) groups is 1. The molecule has 2 amide bonds. The van der Waals surface area contributed by atoms with Crippen molar-refractivity contribution in [1.29, 1.82) is 0 Å². The molecule has 1 saturated heterocycles. The van der Waals surface area contributed by atoms with E-state index in [-0.39, 0.29) is 23.5 Å². The number of carbonyl (C=O) groups excluding carboxylic acids is 3. The molecule has 0 saturated carbocycles. The maximum absolute atomic E-state index is 11.9. The zero-order valence-corrected chi connectivity index (χ0v) is 15.0. The van der Waals surface area contributed by atoms with Crippen molar-refractivity contribution in [3.8, 4) is 0 Å². The zero-order valence-electron chi connectivity index (χ0n) is 13.4. The highest BCUT2D eigenvalue weighted by atomic mass is 32.2. The van der Waals surface area contributed by atoms with Gasteiger partial charge in [-0.1, -0.05) is 24.0 Å². The number of nitrogens with one attached hydrogen (secondary N) is 1. The van der Waals surface area contributed by atoms with Crippen molar-refractivity contribution in [2.75, 3.05) is 19.0 Å². The molecular weight excluding hydrogens is 348 g/mol. The summed E-state index contributed by atoms with van der Waals surface area (Å²) in [4.78, 5) is 36.7. The molecule has 0 radical (unpaired) electrons. The van der Waals surface area contributed by atoms with E-state index in [1.54, 1.807) is 29.2 Å². The van der Waals surface area contributed by atoms with E-state index >= 15 is 0 Å². The van der Waals surface area contributed by atoms with Gasteiger partial charge in [0.2, 0.25) is 11.8 Å². The van der Waals surface area contributed by atoms with Crippen molar-refractivity contribution in [1.82, 2.24) is 4.90 Å². The van der Waals surface area contributed by atoms with Crippen LogP contribution in [0, 0.1) is 0 Å². The Morgan fingerprint density at radius 3 is 2.54 bits per heavy atom. The number of methoxy groups -OCH3 is 1. The second-order valence-electron chi connectivity index (χ2n) is 5.24. The van der Waals surface area contributed by atoms with Gasteiger partial charge in [0, 0.05) is 18.7 Å². The van der Waals surface area contributed by atoms with Crippen LogP contribution in [-0.2, 0) is 14.3 Å². The van der Waals surface area contributed by atoms with Gasteiger partial charge in [0.25, 0.3) is 0 Å². The maximum Gasteiger partial charge on any atom is 0.337 e. The van der Waals surface area contributed by atoms with Crippen LogP contribution >= 0.6 is 24.0 Å². The van der Waals surface area contributed by atoms with Crippen molar-refractivity contribution >= 4 is 51.8 Å². The molecule has 1 fully saturated rings. The summed E-state index contributed by atoms with van der Waals surface area (Å²) in [5.41, 5.74) is 1.02. The number of hydrogen-bond acceptors (Lipinski definition) is 6. The van der Waals surface area contributed by atoms with Gasteiger partial charge in [-0.05, 0) is 37.6 Å². The van der Waals surface area contributed by atoms with E-state index in [2.05, 4.69) is 10.1 Å². The highest BCUT2D eigenvalue weighted by Gasteiger charge is 2.33. The summed E-state index contributed by atoms with van der Waals surface area (Å²) in [6, 6.07) is 6.45. The van der Waals surface area contributed by atoms with Crippen molar-refractivity contribution in [3.05, 3.63) is 29.8 Å². The van der Waals surface area contributed by atoms with Crippen LogP contribution in [0.3, 0.4) is 0 Å². The van der Waals surface area contributed by atoms with Gasteiger partial charge < -0.3 is 10.1 Å². The largest absolute Gasteiger partial charge is 0.465 e. The number of carbonyl (C=O) groups is 3. The van der Waals surface area contributed by atoms with Gasteiger partial charge in [-0.25, -0.2) is 4.79 Å². The van der Waals surface area contributed by atoms with Gasteiger partial charge in [0.15, 0.2) is 0 Å². The van der Waals surface area contributed by atoms with Gasteiger partial charge in [0.05, 0.1) is 17.9 Å². The summed E-state index contributed by atoms with van der Waals surface area (Å²) < 4.78 is 5.19. The van der Waals surface area contributed by atoms with Crippen LogP contribution in [0.1, 0.15) is 30.1 Å². The van der Waals surface area contributed by atoms with E-state index in [1.165, 1.54) is 18.9 Å². The second kappa shape index (κ2) is 8.25. The Morgan fingerprint density at radius 2 is 2.00 bits per heavy atom. The van der Waals surface area contributed by atoms with Crippen LogP contribution < -0.4 is 5.32 Å². The number of benzene rings is 1. The Labute approximate surface area is 149 Å². The van der Waals surface area contributed by atoms with Crippen LogP contribution in [0.2, 0.25) is 0 Å². The summed E-state index contributed by atoms with van der Waals surface area (Å²) in [5.74, 6) is -0.575. The Balaban J connectivity index is 1.78. The van der Waals surface area contributed by atoms with E-state index in [4.69, 9.17) is 12.2 Å². The molecule has 1 aromatic carbocycles. The number of anilines is 1. The van der Waals surface area contributed by atoms with Gasteiger partial charge in [-0.3, -0.25) is 14.5 Å². The average molecular weight is 366 g/mol. The molecule has 0 aliphatic carbocycles. The molecule has 1 heterocycles. The molecular formula is C16H18N2O4S2. The standard InChI is InChI=1S/C16H18N2O4S2/c1-10-14(20)18(16(23)24-10)9-3-4-13(19)17-12-7-5-11(6-8-12)15(21)22-2/h5-8,10H,3-4,9H2,1-2H3,(H,17,19). The quantitative estimate of drug-likeness (QED) is 0.616. The number of hydrogen-bond donors (Lipinski definition) is 1.